The number of hydrogen-bond donors (Lipinski definition) is 1. The van der Waals surface area contributed by atoms with E-state index < -0.39 is 17.9 Å². The highest BCUT2D eigenvalue weighted by atomic mass is 16.5. The Hall–Kier alpha value is -3.74. The fourth-order valence-electron chi connectivity index (χ4n) is 1.77. The summed E-state index contributed by atoms with van der Waals surface area (Å²) in [5, 5.41) is 9.06. The molecule has 2 aromatic carbocycles. The minimum Gasteiger partial charge on any atom is -0.478 e. The van der Waals surface area contributed by atoms with Crippen molar-refractivity contribution in [1.82, 2.24) is 0 Å². The first-order chi connectivity index (χ1) is 12.5. The average molecular weight is 358 g/mol. The van der Waals surface area contributed by atoms with Crippen LogP contribution in [0.2, 0.25) is 0 Å². The summed E-state index contributed by atoms with van der Waals surface area (Å²) >= 11 is 0. The fourth-order valence-corrected chi connectivity index (χ4v) is 1.77. The Kier molecular flexibility index (Phi) is 10.1. The molecule has 0 radical (unpaired) electrons. The predicted octanol–water partition coefficient (Wildman–Crippen LogP) is 3.15. The van der Waals surface area contributed by atoms with Crippen LogP contribution in [0.5, 0.6) is 11.5 Å². The van der Waals surface area contributed by atoms with Gasteiger partial charge in [-0.25, -0.2) is 9.59 Å². The molecule has 0 saturated heterocycles. The maximum atomic E-state index is 12.2. The molecule has 0 aliphatic rings. The monoisotopic (exact) mass is 358 g/mol. The lowest BCUT2D eigenvalue weighted by atomic mass is 10.2. The van der Waals surface area contributed by atoms with Gasteiger partial charge in [-0.05, 0) is 24.3 Å². The summed E-state index contributed by atoms with van der Waals surface area (Å²) in [4.78, 5) is 42.3. The van der Waals surface area contributed by atoms with E-state index in [-0.39, 0.29) is 22.6 Å². The van der Waals surface area contributed by atoms with Crippen LogP contribution in [0.1, 0.15) is 27.6 Å². The fraction of sp³-hybridized carbons (Fsp3) is 0.0526. The Morgan fingerprint density at radius 3 is 1.69 bits per heavy atom. The molecule has 0 fully saturated rings. The Morgan fingerprint density at radius 2 is 1.23 bits per heavy atom. The van der Waals surface area contributed by atoms with E-state index in [1.165, 1.54) is 37.3 Å². The number of hydrogen-bond acceptors (Lipinski definition) is 6. The summed E-state index contributed by atoms with van der Waals surface area (Å²) < 4.78 is 10.0. The molecule has 0 aliphatic heterocycles. The van der Waals surface area contributed by atoms with E-state index in [1.807, 2.05) is 6.79 Å². The second kappa shape index (κ2) is 11.7. The summed E-state index contributed by atoms with van der Waals surface area (Å²) in [5.41, 5.74) is -0.112. The Bertz CT molecular complexity index is 766. The van der Waals surface area contributed by atoms with E-state index in [4.69, 9.17) is 19.4 Å². The van der Waals surface area contributed by atoms with Gasteiger partial charge in [0.15, 0.2) is 0 Å². The van der Waals surface area contributed by atoms with Crippen LogP contribution < -0.4 is 9.47 Å². The van der Waals surface area contributed by atoms with Crippen LogP contribution in [0.3, 0.4) is 0 Å². The molecule has 7 nitrogen and oxygen atoms in total. The van der Waals surface area contributed by atoms with Gasteiger partial charge < -0.3 is 19.4 Å². The number of carboxylic acids is 1. The topological polar surface area (TPSA) is 107 Å². The van der Waals surface area contributed by atoms with E-state index in [2.05, 4.69) is 13.2 Å². The number of carbonyl (C=O) groups excluding carboxylic acids is 3. The van der Waals surface area contributed by atoms with E-state index in [0.717, 1.165) is 0 Å². The molecule has 0 unspecified atom stereocenters. The van der Waals surface area contributed by atoms with Crippen molar-refractivity contribution in [2.24, 2.45) is 0 Å². The van der Waals surface area contributed by atoms with Gasteiger partial charge in [0, 0.05) is 6.92 Å². The number of rotatable bonds is 4. The third kappa shape index (κ3) is 6.40. The molecule has 0 spiro atoms. The van der Waals surface area contributed by atoms with Gasteiger partial charge in [-0.3, -0.25) is 4.79 Å². The van der Waals surface area contributed by atoms with Gasteiger partial charge in [-0.15, -0.1) is 13.2 Å². The number of para-hydroxylation sites is 2. The van der Waals surface area contributed by atoms with Crippen LogP contribution in [-0.4, -0.2) is 29.8 Å². The molecule has 1 N–H and O–H groups in total. The Balaban J connectivity index is 0.00000146. The van der Waals surface area contributed by atoms with E-state index in [0.29, 0.717) is 0 Å². The number of ether oxygens (including phenoxy) is 2. The molecular formula is C19H18O7. The van der Waals surface area contributed by atoms with Crippen LogP contribution in [0, 0.1) is 0 Å². The van der Waals surface area contributed by atoms with E-state index in [1.54, 1.807) is 18.2 Å². The summed E-state index contributed by atoms with van der Waals surface area (Å²) in [7, 11) is 0. The van der Waals surface area contributed by atoms with Crippen LogP contribution in [0.4, 0.5) is 0 Å². The minimum absolute atomic E-state index is 0.0258. The number of aromatic carboxylic acids is 1. The first-order valence-corrected chi connectivity index (χ1v) is 7.10. The molecule has 0 bridgehead atoms. The SMILES string of the molecule is C=C.C=O.CC(=O)Oc1ccccc1C(=O)Oc1ccccc1C(=O)O. The highest BCUT2D eigenvalue weighted by Crippen LogP contribution is 2.23. The number of carboxylic acid groups (broad SMARTS) is 1. The molecule has 0 amide bonds. The van der Waals surface area contributed by atoms with Crippen molar-refractivity contribution in [2.45, 2.75) is 6.92 Å². The lowest BCUT2D eigenvalue weighted by Gasteiger charge is -2.10. The van der Waals surface area contributed by atoms with Gasteiger partial charge >= 0.3 is 17.9 Å². The van der Waals surface area contributed by atoms with Gasteiger partial charge in [-0.1, -0.05) is 24.3 Å². The van der Waals surface area contributed by atoms with Crippen molar-refractivity contribution < 1.29 is 33.8 Å². The third-order valence-electron chi connectivity index (χ3n) is 2.68. The molecule has 0 saturated carbocycles. The first-order valence-electron chi connectivity index (χ1n) is 7.10. The lowest BCUT2D eigenvalue weighted by molar-refractivity contribution is -0.131. The Morgan fingerprint density at radius 1 is 0.808 bits per heavy atom. The molecule has 0 heterocycles. The predicted molar refractivity (Wildman–Crippen MR) is 94.5 cm³/mol. The molecule has 0 aromatic heterocycles. The zero-order valence-electron chi connectivity index (χ0n) is 14.1. The van der Waals surface area contributed by atoms with Gasteiger partial charge in [0.2, 0.25) is 0 Å². The Labute approximate surface area is 150 Å². The normalized spacial score (nSPS) is 8.65. The van der Waals surface area contributed by atoms with Crippen LogP contribution in [0.15, 0.2) is 61.7 Å². The van der Waals surface area contributed by atoms with Crippen molar-refractivity contribution in [3.63, 3.8) is 0 Å². The summed E-state index contributed by atoms with van der Waals surface area (Å²) in [5.74, 6) is -2.64. The summed E-state index contributed by atoms with van der Waals surface area (Å²) in [6.45, 7) is 9.21. The number of carbonyl (C=O) groups is 4. The molecule has 136 valence electrons. The standard InChI is InChI=1S/C16H12O6.C2H4.CH2O/c1-10(17)21-14-9-5-3-7-12(14)16(20)22-13-8-4-2-6-11(13)15(18)19;2*1-2/h2-9H,1H3,(H,18,19);1-2H2;1H2. The molecule has 2 rings (SSSR count). The minimum atomic E-state index is -1.21. The van der Waals surface area contributed by atoms with E-state index >= 15 is 0 Å². The molecule has 0 aliphatic carbocycles. The first kappa shape index (κ1) is 22.3. The number of esters is 2. The second-order valence-corrected chi connectivity index (χ2v) is 4.28. The smallest absolute Gasteiger partial charge is 0.347 e. The molecule has 7 heteroatoms. The zero-order valence-corrected chi connectivity index (χ0v) is 14.1. The molecule has 26 heavy (non-hydrogen) atoms. The highest BCUT2D eigenvalue weighted by molar-refractivity contribution is 5.97. The van der Waals surface area contributed by atoms with E-state index in [9.17, 15) is 14.4 Å². The van der Waals surface area contributed by atoms with Gasteiger partial charge in [0.05, 0.1) is 0 Å². The molecule has 0 atom stereocenters. The van der Waals surface area contributed by atoms with Crippen molar-refractivity contribution >= 4 is 24.7 Å². The van der Waals surface area contributed by atoms with Crippen LogP contribution in [-0.2, 0) is 9.59 Å². The summed E-state index contributed by atoms with van der Waals surface area (Å²) in [6, 6.07) is 11.8. The maximum absolute atomic E-state index is 12.2. The van der Waals surface area contributed by atoms with Crippen molar-refractivity contribution in [3.8, 4) is 11.5 Å². The second-order valence-electron chi connectivity index (χ2n) is 4.28. The summed E-state index contributed by atoms with van der Waals surface area (Å²) in [6.07, 6.45) is 0. The lowest BCUT2D eigenvalue weighted by Crippen LogP contribution is -2.14. The molecular weight excluding hydrogens is 340 g/mol. The van der Waals surface area contributed by atoms with Gasteiger partial charge in [0.25, 0.3) is 0 Å². The largest absolute Gasteiger partial charge is 0.478 e. The third-order valence-corrected chi connectivity index (χ3v) is 2.68. The number of benzene rings is 2. The quantitative estimate of drug-likeness (QED) is 0.508. The van der Waals surface area contributed by atoms with Crippen molar-refractivity contribution in [3.05, 3.63) is 72.8 Å². The average Bonchev–Trinajstić information content (AvgIpc) is 2.65. The maximum Gasteiger partial charge on any atom is 0.347 e. The molecule has 2 aromatic rings. The van der Waals surface area contributed by atoms with Gasteiger partial charge in [-0.2, -0.15) is 0 Å². The van der Waals surface area contributed by atoms with Crippen LogP contribution >= 0.6 is 0 Å². The van der Waals surface area contributed by atoms with Crippen LogP contribution in [0.25, 0.3) is 0 Å². The zero-order chi connectivity index (χ0) is 20.1. The van der Waals surface area contributed by atoms with Crippen molar-refractivity contribution in [2.75, 3.05) is 0 Å². The van der Waals surface area contributed by atoms with Gasteiger partial charge in [0.1, 0.15) is 29.4 Å². The highest BCUT2D eigenvalue weighted by Gasteiger charge is 2.19. The van der Waals surface area contributed by atoms with Crippen molar-refractivity contribution in [1.29, 1.82) is 0 Å².